The molecule has 3 rings (SSSR count). The van der Waals surface area contributed by atoms with Crippen molar-refractivity contribution in [3.8, 4) is 5.75 Å². The minimum absolute atomic E-state index is 0.216. The monoisotopic (exact) mass is 583 g/mol. The van der Waals surface area contributed by atoms with E-state index in [0.717, 1.165) is 5.56 Å². The number of aliphatic hydroxyl groups excluding tert-OH is 1. The number of hydrogen-bond acceptors (Lipinski definition) is 8. The minimum Gasteiger partial charge on any atom is -0.482 e. The lowest BCUT2D eigenvalue weighted by Crippen LogP contribution is -2.56. The molecule has 1 aliphatic rings. The number of thiocarbonyl (C=S) groups is 1. The summed E-state index contributed by atoms with van der Waals surface area (Å²) in [5, 5.41) is 23.5. The molecule has 1 fully saturated rings. The lowest BCUT2D eigenvalue weighted by atomic mass is 9.85. The van der Waals surface area contributed by atoms with Crippen LogP contribution in [-0.4, -0.2) is 76.1 Å². The minimum atomic E-state index is -1.44. The zero-order valence-electron chi connectivity index (χ0n) is 24.1. The molecule has 2 amide bonds. The van der Waals surface area contributed by atoms with Crippen LogP contribution in [0.25, 0.3) is 0 Å². The highest BCUT2D eigenvalue weighted by Gasteiger charge is 2.43. The molecule has 0 radical (unpaired) electrons. The molecule has 222 valence electrons. The van der Waals surface area contributed by atoms with Crippen LogP contribution in [0, 0.1) is 11.8 Å². The Kier molecular flexibility index (Phi) is 11.7. The topological polar surface area (TPSA) is 142 Å². The van der Waals surface area contributed by atoms with Crippen molar-refractivity contribution in [2.45, 2.75) is 64.3 Å². The van der Waals surface area contributed by atoms with E-state index >= 15 is 0 Å². The maximum Gasteiger partial charge on any atom is 0.258 e. The molecule has 2 aromatic rings. The molecule has 41 heavy (non-hydrogen) atoms. The second kappa shape index (κ2) is 15.0. The van der Waals surface area contributed by atoms with E-state index in [1.807, 2.05) is 58.0 Å². The predicted molar refractivity (Wildman–Crippen MR) is 160 cm³/mol. The van der Waals surface area contributed by atoms with Crippen molar-refractivity contribution in [2.24, 2.45) is 11.8 Å². The van der Waals surface area contributed by atoms with Gasteiger partial charge in [0.15, 0.2) is 12.4 Å². The van der Waals surface area contributed by atoms with Crippen LogP contribution >= 0.6 is 12.2 Å². The van der Waals surface area contributed by atoms with Gasteiger partial charge in [-0.3, -0.25) is 19.4 Å². The lowest BCUT2D eigenvalue weighted by Gasteiger charge is -2.30. The molecule has 5 N–H and O–H groups in total. The molecular weight excluding hydrogens is 542 g/mol. The first-order chi connectivity index (χ1) is 19.5. The molecule has 0 aliphatic carbocycles. The number of nitrogens with one attached hydrogen (secondary N) is 4. The van der Waals surface area contributed by atoms with Gasteiger partial charge in [0.05, 0.1) is 29.2 Å². The van der Waals surface area contributed by atoms with Gasteiger partial charge in [-0.05, 0) is 51.3 Å². The Morgan fingerprint density at radius 1 is 1.10 bits per heavy atom. The number of aliphatic hydroxyl groups is 1. The summed E-state index contributed by atoms with van der Waals surface area (Å²) in [5.41, 5.74) is 0.450. The van der Waals surface area contributed by atoms with Gasteiger partial charge >= 0.3 is 0 Å². The zero-order valence-corrected chi connectivity index (χ0v) is 24.9. The fraction of sp³-hybridized carbons (Fsp3) is 0.500. The first kappa shape index (κ1) is 32.1. The van der Waals surface area contributed by atoms with Crippen LogP contribution in [0.5, 0.6) is 5.75 Å². The van der Waals surface area contributed by atoms with Crippen LogP contribution in [0.3, 0.4) is 0 Å². The highest BCUT2D eigenvalue weighted by Crippen LogP contribution is 2.23. The van der Waals surface area contributed by atoms with Crippen molar-refractivity contribution in [1.82, 2.24) is 26.3 Å². The Bertz CT molecular complexity index is 1170. The summed E-state index contributed by atoms with van der Waals surface area (Å²) in [4.78, 5) is 43.4. The van der Waals surface area contributed by atoms with Gasteiger partial charge < -0.3 is 31.1 Å². The quantitative estimate of drug-likeness (QED) is 0.222. The molecular formula is C30H41N5O5S. The lowest BCUT2D eigenvalue weighted by molar-refractivity contribution is -0.138. The molecule has 0 spiro atoms. The Labute approximate surface area is 247 Å². The summed E-state index contributed by atoms with van der Waals surface area (Å²) in [6.45, 7) is 7.95. The van der Waals surface area contributed by atoms with Gasteiger partial charge in [-0.15, -0.1) is 0 Å². The molecule has 2 heterocycles. The zero-order chi connectivity index (χ0) is 30.0. The number of rotatable bonds is 13. The Morgan fingerprint density at radius 2 is 1.80 bits per heavy atom. The van der Waals surface area contributed by atoms with E-state index in [1.54, 1.807) is 18.3 Å². The smallest absolute Gasteiger partial charge is 0.258 e. The number of ketones is 1. The number of amides is 2. The number of hydrogen-bond donors (Lipinski definition) is 5. The van der Waals surface area contributed by atoms with Crippen molar-refractivity contribution in [3.63, 3.8) is 0 Å². The molecule has 1 aliphatic heterocycles. The predicted octanol–water partition coefficient (Wildman–Crippen LogP) is 1.56. The normalized spacial score (nSPS) is 19.0. The Balaban J connectivity index is 1.70. The maximum atomic E-state index is 13.6. The molecule has 5 atom stereocenters. The van der Waals surface area contributed by atoms with Gasteiger partial charge in [0.2, 0.25) is 5.91 Å². The van der Waals surface area contributed by atoms with E-state index in [0.29, 0.717) is 36.7 Å². The Hall–Kier alpha value is -3.41. The van der Waals surface area contributed by atoms with Crippen molar-refractivity contribution in [3.05, 3.63) is 60.4 Å². The molecule has 1 saturated heterocycles. The van der Waals surface area contributed by atoms with Crippen molar-refractivity contribution >= 4 is 34.8 Å². The highest BCUT2D eigenvalue weighted by molar-refractivity contribution is 7.80. The molecule has 0 saturated carbocycles. The van der Waals surface area contributed by atoms with Gasteiger partial charge in [-0.1, -0.05) is 49.5 Å². The van der Waals surface area contributed by atoms with E-state index in [9.17, 15) is 19.5 Å². The number of carbonyl (C=O) groups is 3. The maximum absolute atomic E-state index is 13.6. The number of benzene rings is 1. The van der Waals surface area contributed by atoms with Crippen molar-refractivity contribution in [2.75, 3.05) is 19.7 Å². The molecule has 10 nitrogen and oxygen atoms in total. The summed E-state index contributed by atoms with van der Waals surface area (Å²) >= 11 is 5.65. The van der Waals surface area contributed by atoms with Crippen LogP contribution in [0.2, 0.25) is 0 Å². The van der Waals surface area contributed by atoms with Crippen LogP contribution in [-0.2, 0) is 20.8 Å². The van der Waals surface area contributed by atoms with Crippen LogP contribution < -0.4 is 26.0 Å². The number of nitrogens with zero attached hydrogens (tertiary/aromatic N) is 1. The average molecular weight is 584 g/mol. The van der Waals surface area contributed by atoms with E-state index < -0.39 is 41.3 Å². The molecule has 5 unspecified atom stereocenters. The third-order valence-corrected chi connectivity index (χ3v) is 7.18. The largest absolute Gasteiger partial charge is 0.482 e. The number of Topliss-reactive ketones (excluding diaryl/α,β-unsaturated/α-hetero) is 1. The van der Waals surface area contributed by atoms with E-state index in [1.165, 1.54) is 6.20 Å². The number of carbonyl (C=O) groups excluding carboxylic acids is 3. The van der Waals surface area contributed by atoms with Gasteiger partial charge in [-0.2, -0.15) is 0 Å². The highest BCUT2D eigenvalue weighted by atomic mass is 32.1. The number of pyridine rings is 1. The SMILES string of the molecule is CCC(NC(=O)COc1cccnc1)C(=S)NC(Cc1ccccc1)C(O)C(=O)C1CNCC1C(=O)NC(C)(C)C. The van der Waals surface area contributed by atoms with Crippen LogP contribution in [0.4, 0.5) is 0 Å². The Morgan fingerprint density at radius 3 is 2.44 bits per heavy atom. The summed E-state index contributed by atoms with van der Waals surface area (Å²) in [6.07, 6.45) is 2.47. The summed E-state index contributed by atoms with van der Waals surface area (Å²) in [5.74, 6) is -1.83. The van der Waals surface area contributed by atoms with Gasteiger partial charge in [0.25, 0.3) is 5.91 Å². The van der Waals surface area contributed by atoms with E-state index in [2.05, 4.69) is 26.3 Å². The molecule has 11 heteroatoms. The standard InChI is InChI=1S/C30H41N5O5S/c1-5-23(33-25(36)18-40-20-12-9-13-31-15-20)29(41)34-24(14-19-10-7-6-8-11-19)27(38)26(37)21-16-32-17-22(21)28(39)35-30(2,3)4/h6-13,15,21-24,27,32,38H,5,14,16-18H2,1-4H3,(H,33,36)(H,34,41)(H,35,39). The van der Waals surface area contributed by atoms with Crippen LogP contribution in [0.1, 0.15) is 39.7 Å². The summed E-state index contributed by atoms with van der Waals surface area (Å²) in [7, 11) is 0. The van der Waals surface area contributed by atoms with E-state index in [-0.39, 0.29) is 18.4 Å². The molecule has 0 bridgehead atoms. The number of aromatic nitrogens is 1. The second-order valence-electron chi connectivity index (χ2n) is 11.3. The van der Waals surface area contributed by atoms with E-state index in [4.69, 9.17) is 17.0 Å². The first-order valence-electron chi connectivity index (χ1n) is 13.9. The van der Waals surface area contributed by atoms with Crippen molar-refractivity contribution in [1.29, 1.82) is 0 Å². The fourth-order valence-corrected chi connectivity index (χ4v) is 5.07. The summed E-state index contributed by atoms with van der Waals surface area (Å²) < 4.78 is 5.48. The first-order valence-corrected chi connectivity index (χ1v) is 14.3. The van der Waals surface area contributed by atoms with Gasteiger partial charge in [-0.25, -0.2) is 0 Å². The third kappa shape index (κ3) is 9.87. The third-order valence-electron chi connectivity index (χ3n) is 6.78. The molecule has 1 aromatic carbocycles. The second-order valence-corrected chi connectivity index (χ2v) is 11.7. The fourth-order valence-electron chi connectivity index (χ4n) is 4.70. The van der Waals surface area contributed by atoms with Gasteiger partial charge in [0, 0.05) is 30.7 Å². The number of ether oxygens (including phenoxy) is 1. The summed E-state index contributed by atoms with van der Waals surface area (Å²) in [6, 6.07) is 11.5. The van der Waals surface area contributed by atoms with Gasteiger partial charge in [0.1, 0.15) is 11.9 Å². The van der Waals surface area contributed by atoms with Crippen LogP contribution in [0.15, 0.2) is 54.9 Å². The molecule has 1 aromatic heterocycles. The average Bonchev–Trinajstić information content (AvgIpc) is 3.44. The van der Waals surface area contributed by atoms with Crippen molar-refractivity contribution < 1.29 is 24.2 Å².